The highest BCUT2D eigenvalue weighted by atomic mass is 32.2. The lowest BCUT2D eigenvalue weighted by molar-refractivity contribution is -0.120. The number of nitrogens with zero attached hydrogens (tertiary/aromatic N) is 4. The van der Waals surface area contributed by atoms with E-state index in [2.05, 4.69) is 20.8 Å². The van der Waals surface area contributed by atoms with E-state index in [9.17, 15) is 4.79 Å². The number of hydrogen-bond acceptors (Lipinski definition) is 6. The predicted octanol–water partition coefficient (Wildman–Crippen LogP) is 2.49. The number of hydrogen-bond donors (Lipinski definition) is 1. The van der Waals surface area contributed by atoms with Gasteiger partial charge in [-0.15, -0.1) is 5.10 Å². The number of aromatic nitrogens is 4. The van der Waals surface area contributed by atoms with Crippen molar-refractivity contribution in [3.8, 4) is 0 Å². The van der Waals surface area contributed by atoms with E-state index in [-0.39, 0.29) is 11.2 Å². The van der Waals surface area contributed by atoms with Gasteiger partial charge in [0.15, 0.2) is 0 Å². The van der Waals surface area contributed by atoms with Gasteiger partial charge in [-0.1, -0.05) is 31.0 Å². The summed E-state index contributed by atoms with van der Waals surface area (Å²) >= 11 is 1.37. The molecule has 1 amide bonds. The molecular formula is C16H23N5O2S. The lowest BCUT2D eigenvalue weighted by Crippen LogP contribution is -2.35. The fourth-order valence-corrected chi connectivity index (χ4v) is 3.73. The molecule has 1 aliphatic rings. The fourth-order valence-electron chi connectivity index (χ4n) is 2.92. The van der Waals surface area contributed by atoms with Crippen molar-refractivity contribution >= 4 is 17.7 Å². The molecule has 0 bridgehead atoms. The normalized spacial score (nSPS) is 16.9. The smallest absolute Gasteiger partial charge is 0.233 e. The third-order valence-electron chi connectivity index (χ3n) is 4.33. The van der Waals surface area contributed by atoms with Gasteiger partial charge in [-0.25, -0.2) is 4.68 Å². The zero-order valence-electron chi connectivity index (χ0n) is 13.9. The van der Waals surface area contributed by atoms with Crippen LogP contribution in [0.4, 0.5) is 0 Å². The molecule has 0 aliphatic heterocycles. The number of amides is 1. The molecular weight excluding hydrogens is 326 g/mol. The zero-order valence-corrected chi connectivity index (χ0v) is 14.7. The molecule has 3 rings (SSSR count). The molecule has 1 N–H and O–H groups in total. The molecule has 2 aromatic rings. The third-order valence-corrected chi connectivity index (χ3v) is 5.40. The Balaban J connectivity index is 1.49. The minimum absolute atomic E-state index is 0.0399. The van der Waals surface area contributed by atoms with Crippen molar-refractivity contribution < 1.29 is 9.21 Å². The van der Waals surface area contributed by atoms with Gasteiger partial charge in [-0.05, 0) is 48.2 Å². The molecule has 1 aliphatic carbocycles. The molecule has 8 heteroatoms. The minimum Gasteiger partial charge on any atom is -0.467 e. The lowest BCUT2D eigenvalue weighted by atomic mass is 9.89. The number of nitrogens with one attached hydrogen (secondary N) is 1. The van der Waals surface area contributed by atoms with E-state index in [1.807, 2.05) is 19.1 Å². The topological polar surface area (TPSA) is 85.8 Å². The maximum Gasteiger partial charge on any atom is 0.233 e. The molecule has 0 radical (unpaired) electrons. The summed E-state index contributed by atoms with van der Waals surface area (Å²) in [5.74, 6) is 1.45. The average Bonchev–Trinajstić information content (AvgIpc) is 3.26. The van der Waals surface area contributed by atoms with Gasteiger partial charge < -0.3 is 9.73 Å². The molecule has 1 atom stereocenters. The molecule has 1 unspecified atom stereocenters. The van der Waals surface area contributed by atoms with Crippen LogP contribution in [0.25, 0.3) is 0 Å². The Morgan fingerprint density at radius 3 is 3.04 bits per heavy atom. The second-order valence-corrected chi connectivity index (χ2v) is 7.52. The number of tetrazole rings is 1. The van der Waals surface area contributed by atoms with Crippen LogP contribution in [-0.2, 0) is 11.3 Å². The standard InChI is InChI=1S/C16H23N5O2S/c1-12(15(22)17-10-13-6-3-2-4-7-13)24-16-18-19-20-21(16)11-14-8-5-9-23-14/h5,8-9,12-13H,2-4,6-7,10-11H2,1H3,(H,17,22). The molecule has 2 aromatic heterocycles. The van der Waals surface area contributed by atoms with E-state index in [1.165, 1.54) is 43.9 Å². The largest absolute Gasteiger partial charge is 0.467 e. The summed E-state index contributed by atoms with van der Waals surface area (Å²) in [4.78, 5) is 12.3. The highest BCUT2D eigenvalue weighted by Gasteiger charge is 2.20. The molecule has 130 valence electrons. The van der Waals surface area contributed by atoms with Crippen LogP contribution in [0.5, 0.6) is 0 Å². The molecule has 0 spiro atoms. The molecule has 1 fully saturated rings. The summed E-state index contributed by atoms with van der Waals surface area (Å²) in [6.07, 6.45) is 7.97. The summed E-state index contributed by atoms with van der Waals surface area (Å²) in [5.41, 5.74) is 0. The molecule has 7 nitrogen and oxygen atoms in total. The number of rotatable bonds is 7. The van der Waals surface area contributed by atoms with E-state index in [0.717, 1.165) is 12.3 Å². The Hall–Kier alpha value is -1.83. The van der Waals surface area contributed by atoms with Crippen molar-refractivity contribution in [2.45, 2.75) is 56.0 Å². The van der Waals surface area contributed by atoms with Crippen LogP contribution in [0, 0.1) is 5.92 Å². The van der Waals surface area contributed by atoms with Crippen LogP contribution >= 0.6 is 11.8 Å². The second kappa shape index (κ2) is 8.32. The molecule has 2 heterocycles. The minimum atomic E-state index is -0.241. The lowest BCUT2D eigenvalue weighted by Gasteiger charge is -2.22. The van der Waals surface area contributed by atoms with Crippen LogP contribution in [-0.4, -0.2) is 37.9 Å². The van der Waals surface area contributed by atoms with E-state index >= 15 is 0 Å². The number of furan rings is 1. The Labute approximate surface area is 145 Å². The van der Waals surface area contributed by atoms with Crippen molar-refractivity contribution in [2.24, 2.45) is 5.92 Å². The first-order valence-corrected chi connectivity index (χ1v) is 9.33. The SMILES string of the molecule is CC(Sc1nnnn1Cc1ccco1)C(=O)NCC1CCCCC1. The Morgan fingerprint density at radius 1 is 1.46 bits per heavy atom. The van der Waals surface area contributed by atoms with E-state index in [0.29, 0.717) is 17.6 Å². The first-order valence-electron chi connectivity index (χ1n) is 8.45. The quantitative estimate of drug-likeness (QED) is 0.773. The molecule has 0 aromatic carbocycles. The number of carbonyl (C=O) groups is 1. The van der Waals surface area contributed by atoms with Crippen LogP contribution in [0.3, 0.4) is 0 Å². The number of carbonyl (C=O) groups excluding carboxylic acids is 1. The summed E-state index contributed by atoms with van der Waals surface area (Å²) in [6, 6.07) is 3.70. The highest BCUT2D eigenvalue weighted by molar-refractivity contribution is 8.00. The molecule has 24 heavy (non-hydrogen) atoms. The van der Waals surface area contributed by atoms with Gasteiger partial charge in [0.05, 0.1) is 11.5 Å². The van der Waals surface area contributed by atoms with Gasteiger partial charge in [0.25, 0.3) is 0 Å². The van der Waals surface area contributed by atoms with Gasteiger partial charge in [-0.2, -0.15) is 0 Å². The predicted molar refractivity (Wildman–Crippen MR) is 90.5 cm³/mol. The number of thioether (sulfide) groups is 1. The van der Waals surface area contributed by atoms with Gasteiger partial charge >= 0.3 is 0 Å². The maximum absolute atomic E-state index is 12.3. The summed E-state index contributed by atoms with van der Waals surface area (Å²) in [7, 11) is 0. The monoisotopic (exact) mass is 349 g/mol. The van der Waals surface area contributed by atoms with Crippen molar-refractivity contribution in [1.82, 2.24) is 25.5 Å². The van der Waals surface area contributed by atoms with Crippen molar-refractivity contribution in [3.05, 3.63) is 24.2 Å². The molecule has 0 saturated heterocycles. The average molecular weight is 349 g/mol. The van der Waals surface area contributed by atoms with Gasteiger partial charge in [-0.3, -0.25) is 4.79 Å². The third kappa shape index (κ3) is 4.59. The Bertz CT molecular complexity index is 637. The Morgan fingerprint density at radius 2 is 2.29 bits per heavy atom. The van der Waals surface area contributed by atoms with Gasteiger partial charge in [0.2, 0.25) is 11.1 Å². The van der Waals surface area contributed by atoms with Crippen LogP contribution in [0.2, 0.25) is 0 Å². The fraction of sp³-hybridized carbons (Fsp3) is 0.625. The van der Waals surface area contributed by atoms with Gasteiger partial charge in [0.1, 0.15) is 12.3 Å². The first kappa shape index (κ1) is 17.0. The van der Waals surface area contributed by atoms with Crippen LogP contribution < -0.4 is 5.32 Å². The Kier molecular flexibility index (Phi) is 5.90. The van der Waals surface area contributed by atoms with Crippen molar-refractivity contribution in [2.75, 3.05) is 6.54 Å². The summed E-state index contributed by atoms with van der Waals surface area (Å²) in [5, 5.41) is 15.1. The first-order chi connectivity index (χ1) is 11.7. The van der Waals surface area contributed by atoms with E-state index < -0.39 is 0 Å². The van der Waals surface area contributed by atoms with E-state index in [4.69, 9.17) is 4.42 Å². The maximum atomic E-state index is 12.3. The molecule has 1 saturated carbocycles. The summed E-state index contributed by atoms with van der Waals surface area (Å²) < 4.78 is 6.96. The highest BCUT2D eigenvalue weighted by Crippen LogP contribution is 2.24. The van der Waals surface area contributed by atoms with Crippen LogP contribution in [0.15, 0.2) is 28.0 Å². The van der Waals surface area contributed by atoms with Crippen LogP contribution in [0.1, 0.15) is 44.8 Å². The van der Waals surface area contributed by atoms with Crippen molar-refractivity contribution in [3.63, 3.8) is 0 Å². The van der Waals surface area contributed by atoms with Gasteiger partial charge in [0, 0.05) is 6.54 Å². The van der Waals surface area contributed by atoms with E-state index in [1.54, 1.807) is 10.9 Å². The van der Waals surface area contributed by atoms with Crippen molar-refractivity contribution in [1.29, 1.82) is 0 Å². The summed E-state index contributed by atoms with van der Waals surface area (Å²) in [6.45, 7) is 3.12. The zero-order chi connectivity index (χ0) is 16.8. The second-order valence-electron chi connectivity index (χ2n) is 6.21.